The molecular formula is C8H17IN2O4S. The summed E-state index contributed by atoms with van der Waals surface area (Å²) in [6.07, 6.45) is 1.83. The molecule has 8 heteroatoms. The van der Waals surface area contributed by atoms with Crippen LogP contribution in [0.5, 0.6) is 0 Å². The predicted octanol–water partition coefficient (Wildman–Crippen LogP) is 1.17. The van der Waals surface area contributed by atoms with E-state index in [0.717, 1.165) is 23.7 Å². The van der Waals surface area contributed by atoms with Crippen LogP contribution in [-0.2, 0) is 14.9 Å². The van der Waals surface area contributed by atoms with E-state index in [9.17, 15) is 13.2 Å². The lowest BCUT2D eigenvalue weighted by molar-refractivity contribution is 0.158. The van der Waals surface area contributed by atoms with Crippen molar-refractivity contribution in [2.75, 3.05) is 17.6 Å². The number of carbonyl (C=O) groups is 1. The first-order valence-corrected chi connectivity index (χ1v) is 8.03. The number of unbranched alkanes of at least 4 members (excludes halogenated alkanes) is 2. The van der Waals surface area contributed by atoms with E-state index >= 15 is 0 Å². The van der Waals surface area contributed by atoms with E-state index in [1.165, 1.54) is 0 Å². The highest BCUT2D eigenvalue weighted by molar-refractivity contribution is 14.1. The van der Waals surface area contributed by atoms with Crippen LogP contribution in [0.2, 0.25) is 0 Å². The van der Waals surface area contributed by atoms with Crippen LogP contribution in [0, 0.1) is 0 Å². The summed E-state index contributed by atoms with van der Waals surface area (Å²) in [5.41, 5.74) is 0. The first-order chi connectivity index (χ1) is 7.52. The fourth-order valence-corrected chi connectivity index (χ4v) is 2.21. The predicted molar refractivity (Wildman–Crippen MR) is 69.8 cm³/mol. The topological polar surface area (TPSA) is 84.5 Å². The Labute approximate surface area is 110 Å². The average Bonchev–Trinajstić information content (AvgIpc) is 2.16. The lowest BCUT2D eigenvalue weighted by Crippen LogP contribution is -2.40. The van der Waals surface area contributed by atoms with Crippen LogP contribution in [0.25, 0.3) is 0 Å². The van der Waals surface area contributed by atoms with Crippen LogP contribution < -0.4 is 9.44 Å². The normalized spacial score (nSPS) is 11.1. The summed E-state index contributed by atoms with van der Waals surface area (Å²) in [7, 11) is -3.77. The summed E-state index contributed by atoms with van der Waals surface area (Å²) in [6, 6.07) is 0. The maximum atomic E-state index is 11.2. The Balaban J connectivity index is 3.74. The third-order valence-electron chi connectivity index (χ3n) is 1.60. The molecule has 0 spiro atoms. The van der Waals surface area contributed by atoms with Crippen molar-refractivity contribution in [1.82, 2.24) is 9.44 Å². The molecule has 1 amide bonds. The monoisotopic (exact) mass is 364 g/mol. The second-order valence-corrected chi connectivity index (χ2v) is 5.55. The van der Waals surface area contributed by atoms with Gasteiger partial charge in [0, 0.05) is 6.54 Å². The summed E-state index contributed by atoms with van der Waals surface area (Å²) >= 11 is 2.27. The van der Waals surface area contributed by atoms with Crippen LogP contribution >= 0.6 is 22.6 Å². The second-order valence-electron chi connectivity index (χ2n) is 2.97. The van der Waals surface area contributed by atoms with Gasteiger partial charge in [-0.25, -0.2) is 9.52 Å². The van der Waals surface area contributed by atoms with Crippen LogP contribution in [0.4, 0.5) is 4.79 Å². The number of halogens is 1. The number of rotatable bonds is 8. The Bertz CT molecular complexity index is 294. The summed E-state index contributed by atoms with van der Waals surface area (Å²) in [6.45, 7) is 2.06. The Morgan fingerprint density at radius 1 is 1.31 bits per heavy atom. The van der Waals surface area contributed by atoms with Crippen molar-refractivity contribution in [3.63, 3.8) is 0 Å². The molecule has 0 aliphatic heterocycles. The van der Waals surface area contributed by atoms with Crippen molar-refractivity contribution in [3.05, 3.63) is 0 Å². The maximum Gasteiger partial charge on any atom is 0.421 e. The van der Waals surface area contributed by atoms with Crippen LogP contribution in [-0.4, -0.2) is 32.1 Å². The molecule has 6 nitrogen and oxygen atoms in total. The summed E-state index contributed by atoms with van der Waals surface area (Å²) in [4.78, 5) is 10.8. The molecule has 0 aromatic rings. The van der Waals surface area contributed by atoms with E-state index in [1.54, 1.807) is 11.6 Å². The lowest BCUT2D eigenvalue weighted by atomic mass is 10.3. The largest absolute Gasteiger partial charge is 0.449 e. The van der Waals surface area contributed by atoms with Gasteiger partial charge >= 0.3 is 16.3 Å². The molecule has 16 heavy (non-hydrogen) atoms. The van der Waals surface area contributed by atoms with Crippen molar-refractivity contribution in [2.24, 2.45) is 0 Å². The lowest BCUT2D eigenvalue weighted by Gasteiger charge is -2.07. The molecule has 0 radical (unpaired) electrons. The fourth-order valence-electron chi connectivity index (χ4n) is 0.909. The minimum Gasteiger partial charge on any atom is -0.449 e. The van der Waals surface area contributed by atoms with Crippen molar-refractivity contribution in [3.8, 4) is 0 Å². The third-order valence-corrected chi connectivity index (χ3v) is 3.38. The Morgan fingerprint density at radius 2 is 2.00 bits per heavy atom. The molecule has 0 saturated heterocycles. The van der Waals surface area contributed by atoms with E-state index in [-0.39, 0.29) is 6.61 Å². The van der Waals surface area contributed by atoms with Gasteiger partial charge < -0.3 is 4.74 Å². The molecule has 0 fully saturated rings. The Morgan fingerprint density at radius 3 is 2.56 bits per heavy atom. The van der Waals surface area contributed by atoms with E-state index in [1.807, 2.05) is 0 Å². The molecule has 2 N–H and O–H groups in total. The highest BCUT2D eigenvalue weighted by Gasteiger charge is 2.13. The molecular weight excluding hydrogens is 347 g/mol. The Hall–Kier alpha value is -0.0900. The van der Waals surface area contributed by atoms with E-state index < -0.39 is 16.3 Å². The number of alkyl halides is 1. The van der Waals surface area contributed by atoms with Crippen LogP contribution in [0.15, 0.2) is 0 Å². The third kappa shape index (κ3) is 9.16. The van der Waals surface area contributed by atoms with Gasteiger partial charge in [0.25, 0.3) is 0 Å². The van der Waals surface area contributed by atoms with Gasteiger partial charge in [-0.05, 0) is 24.2 Å². The summed E-state index contributed by atoms with van der Waals surface area (Å²) in [5.74, 6) is 0. The number of amides is 1. The molecule has 0 aliphatic carbocycles. The van der Waals surface area contributed by atoms with E-state index in [4.69, 9.17) is 0 Å². The van der Waals surface area contributed by atoms with Gasteiger partial charge in [0.1, 0.15) is 0 Å². The maximum absolute atomic E-state index is 11.2. The quantitative estimate of drug-likeness (QED) is 0.385. The first-order valence-electron chi connectivity index (χ1n) is 5.02. The van der Waals surface area contributed by atoms with Crippen molar-refractivity contribution in [2.45, 2.75) is 26.2 Å². The molecule has 96 valence electrons. The standard InChI is InChI=1S/C8H17IN2O4S/c1-2-15-8(12)11-16(13,14)10-7-5-3-4-6-9/h10H,2-7H2,1H3,(H,11,12). The molecule has 0 bridgehead atoms. The van der Waals surface area contributed by atoms with Gasteiger partial charge in [0.05, 0.1) is 6.61 Å². The van der Waals surface area contributed by atoms with Crippen molar-refractivity contribution in [1.29, 1.82) is 0 Å². The van der Waals surface area contributed by atoms with Crippen molar-refractivity contribution < 1.29 is 17.9 Å². The van der Waals surface area contributed by atoms with Gasteiger partial charge in [0.15, 0.2) is 0 Å². The van der Waals surface area contributed by atoms with Gasteiger partial charge in [-0.2, -0.15) is 13.1 Å². The van der Waals surface area contributed by atoms with E-state index in [2.05, 4.69) is 32.0 Å². The highest BCUT2D eigenvalue weighted by atomic mass is 127. The van der Waals surface area contributed by atoms with E-state index in [0.29, 0.717) is 6.54 Å². The zero-order chi connectivity index (χ0) is 12.4. The summed E-state index contributed by atoms with van der Waals surface area (Å²) < 4.78 is 32.0. The van der Waals surface area contributed by atoms with Crippen LogP contribution in [0.1, 0.15) is 26.2 Å². The molecule has 0 saturated carbocycles. The smallest absolute Gasteiger partial charge is 0.421 e. The number of hydrogen-bond donors (Lipinski definition) is 2. The molecule has 0 atom stereocenters. The number of ether oxygens (including phenoxy) is 1. The molecule has 0 heterocycles. The molecule has 0 aromatic carbocycles. The number of nitrogens with one attached hydrogen (secondary N) is 2. The van der Waals surface area contributed by atoms with Gasteiger partial charge in [0.2, 0.25) is 0 Å². The Kier molecular flexibility index (Phi) is 8.94. The first kappa shape index (κ1) is 15.9. The van der Waals surface area contributed by atoms with Crippen molar-refractivity contribution >= 4 is 38.9 Å². The fraction of sp³-hybridized carbons (Fsp3) is 0.875. The molecule has 0 aliphatic rings. The van der Waals surface area contributed by atoms with Gasteiger partial charge in [-0.3, -0.25) is 0 Å². The highest BCUT2D eigenvalue weighted by Crippen LogP contribution is 1.97. The minimum absolute atomic E-state index is 0.136. The number of carbonyl (C=O) groups excluding carboxylic acids is 1. The summed E-state index contributed by atoms with van der Waals surface area (Å²) in [5, 5.41) is 0. The molecule has 0 unspecified atom stereocenters. The SMILES string of the molecule is CCOC(=O)NS(=O)(=O)NCCCCCI. The average molecular weight is 364 g/mol. The van der Waals surface area contributed by atoms with Crippen LogP contribution in [0.3, 0.4) is 0 Å². The minimum atomic E-state index is -3.77. The zero-order valence-electron chi connectivity index (χ0n) is 9.16. The van der Waals surface area contributed by atoms with Gasteiger partial charge in [-0.1, -0.05) is 29.0 Å². The van der Waals surface area contributed by atoms with Gasteiger partial charge in [-0.15, -0.1) is 0 Å². The number of hydrogen-bond acceptors (Lipinski definition) is 4. The molecule has 0 rings (SSSR count). The molecule has 0 aromatic heterocycles. The second kappa shape index (κ2) is 8.99. The zero-order valence-corrected chi connectivity index (χ0v) is 12.1.